The van der Waals surface area contributed by atoms with Gasteiger partial charge in [0.2, 0.25) is 11.8 Å². The Morgan fingerprint density at radius 1 is 1.29 bits per heavy atom. The Morgan fingerprint density at radius 2 is 2.10 bits per heavy atom. The molecule has 2 aliphatic heterocycles. The van der Waals surface area contributed by atoms with E-state index in [9.17, 15) is 14.4 Å². The molecule has 2 aliphatic rings. The van der Waals surface area contributed by atoms with Crippen LogP contribution in [0.25, 0.3) is 6.08 Å². The molecule has 0 aliphatic carbocycles. The number of carbonyl (C=O) groups excluding carboxylic acids is 3. The summed E-state index contributed by atoms with van der Waals surface area (Å²) in [6, 6.07) is 5.12. The van der Waals surface area contributed by atoms with Crippen LogP contribution in [-0.4, -0.2) is 28.7 Å². The van der Waals surface area contributed by atoms with E-state index < -0.39 is 6.04 Å². The standard InChI is InChI=1S/C16H16N2O3/c1-2-3-10-4-5-12-11(8-10)9-18(16(12)21)13-6-7-14(19)17-15(13)20/h2-5,8,13H,6-7,9H2,1H3,(H,17,19,20)/b3-2+. The van der Waals surface area contributed by atoms with Crippen molar-refractivity contribution < 1.29 is 14.4 Å². The molecule has 3 rings (SSSR count). The largest absolute Gasteiger partial charge is 0.322 e. The minimum absolute atomic E-state index is 0.133. The van der Waals surface area contributed by atoms with Gasteiger partial charge in [-0.25, -0.2) is 0 Å². The molecule has 108 valence electrons. The van der Waals surface area contributed by atoms with Crippen molar-refractivity contribution in [3.8, 4) is 0 Å². The quantitative estimate of drug-likeness (QED) is 0.837. The average molecular weight is 284 g/mol. The first-order valence-electron chi connectivity index (χ1n) is 7.00. The van der Waals surface area contributed by atoms with Crippen molar-refractivity contribution in [2.45, 2.75) is 32.4 Å². The Morgan fingerprint density at radius 3 is 2.81 bits per heavy atom. The maximum Gasteiger partial charge on any atom is 0.255 e. The van der Waals surface area contributed by atoms with E-state index in [0.29, 0.717) is 18.5 Å². The van der Waals surface area contributed by atoms with Crippen molar-refractivity contribution >= 4 is 23.8 Å². The van der Waals surface area contributed by atoms with Crippen molar-refractivity contribution in [2.24, 2.45) is 0 Å². The zero-order valence-electron chi connectivity index (χ0n) is 11.8. The van der Waals surface area contributed by atoms with E-state index >= 15 is 0 Å². The van der Waals surface area contributed by atoms with E-state index in [0.717, 1.165) is 11.1 Å². The van der Waals surface area contributed by atoms with Crippen LogP contribution in [0, 0.1) is 0 Å². The molecule has 1 saturated heterocycles. The van der Waals surface area contributed by atoms with Gasteiger partial charge < -0.3 is 4.90 Å². The normalized spacial score (nSPS) is 21.9. The zero-order valence-corrected chi connectivity index (χ0v) is 11.8. The molecule has 2 heterocycles. The van der Waals surface area contributed by atoms with Crippen LogP contribution in [0.3, 0.4) is 0 Å². The van der Waals surface area contributed by atoms with Crippen LogP contribution < -0.4 is 5.32 Å². The molecule has 1 unspecified atom stereocenters. The van der Waals surface area contributed by atoms with Gasteiger partial charge in [0.15, 0.2) is 0 Å². The second kappa shape index (κ2) is 5.16. The fourth-order valence-corrected chi connectivity index (χ4v) is 2.89. The van der Waals surface area contributed by atoms with E-state index in [-0.39, 0.29) is 24.1 Å². The summed E-state index contributed by atoms with van der Waals surface area (Å²) < 4.78 is 0. The van der Waals surface area contributed by atoms with Crippen LogP contribution >= 0.6 is 0 Å². The van der Waals surface area contributed by atoms with E-state index in [1.807, 2.05) is 31.2 Å². The second-order valence-electron chi connectivity index (χ2n) is 5.32. The van der Waals surface area contributed by atoms with E-state index in [1.165, 1.54) is 0 Å². The number of nitrogens with one attached hydrogen (secondary N) is 1. The van der Waals surface area contributed by atoms with Crippen molar-refractivity contribution in [1.29, 1.82) is 0 Å². The van der Waals surface area contributed by atoms with Crippen LogP contribution in [-0.2, 0) is 16.1 Å². The smallest absolute Gasteiger partial charge is 0.255 e. The molecule has 1 N–H and O–H groups in total. The molecule has 0 spiro atoms. The van der Waals surface area contributed by atoms with Gasteiger partial charge in [-0.1, -0.05) is 18.2 Å². The lowest BCUT2D eigenvalue weighted by Gasteiger charge is -2.29. The van der Waals surface area contributed by atoms with E-state index in [1.54, 1.807) is 11.0 Å². The minimum atomic E-state index is -0.548. The number of piperidine rings is 1. The Hall–Kier alpha value is -2.43. The van der Waals surface area contributed by atoms with Crippen LogP contribution in [0.4, 0.5) is 0 Å². The van der Waals surface area contributed by atoms with E-state index in [2.05, 4.69) is 5.32 Å². The Balaban J connectivity index is 1.86. The summed E-state index contributed by atoms with van der Waals surface area (Å²) in [5.74, 6) is -0.775. The molecule has 3 amide bonds. The van der Waals surface area contributed by atoms with E-state index in [4.69, 9.17) is 0 Å². The second-order valence-corrected chi connectivity index (χ2v) is 5.32. The minimum Gasteiger partial charge on any atom is -0.322 e. The van der Waals surface area contributed by atoms with Gasteiger partial charge in [-0.05, 0) is 36.6 Å². The highest BCUT2D eigenvalue weighted by atomic mass is 16.2. The highest BCUT2D eigenvalue weighted by Gasteiger charge is 2.38. The van der Waals surface area contributed by atoms with Gasteiger partial charge in [0.1, 0.15) is 6.04 Å². The summed E-state index contributed by atoms with van der Waals surface area (Å²) in [6.07, 6.45) is 4.59. The van der Waals surface area contributed by atoms with Crippen LogP contribution in [0.1, 0.15) is 41.3 Å². The third-order valence-electron chi connectivity index (χ3n) is 3.91. The van der Waals surface area contributed by atoms with Crippen molar-refractivity contribution in [1.82, 2.24) is 10.2 Å². The number of rotatable bonds is 2. The van der Waals surface area contributed by atoms with Crippen molar-refractivity contribution in [3.63, 3.8) is 0 Å². The summed E-state index contributed by atoms with van der Waals surface area (Å²) in [5, 5.41) is 2.30. The summed E-state index contributed by atoms with van der Waals surface area (Å²) in [4.78, 5) is 37.1. The van der Waals surface area contributed by atoms with Gasteiger partial charge in [-0.2, -0.15) is 0 Å². The van der Waals surface area contributed by atoms with Gasteiger partial charge in [0.25, 0.3) is 5.91 Å². The van der Waals surface area contributed by atoms with Crippen LogP contribution in [0.5, 0.6) is 0 Å². The predicted molar refractivity (Wildman–Crippen MR) is 77.2 cm³/mol. The molecule has 21 heavy (non-hydrogen) atoms. The number of hydrogen-bond donors (Lipinski definition) is 1. The first-order chi connectivity index (χ1) is 10.1. The maximum absolute atomic E-state index is 12.4. The zero-order chi connectivity index (χ0) is 15.0. The lowest BCUT2D eigenvalue weighted by molar-refractivity contribution is -0.136. The number of nitrogens with zero attached hydrogens (tertiary/aromatic N) is 1. The first kappa shape index (κ1) is 13.5. The lowest BCUT2D eigenvalue weighted by Crippen LogP contribution is -2.52. The van der Waals surface area contributed by atoms with Gasteiger partial charge in [0.05, 0.1) is 0 Å². The molecular weight excluding hydrogens is 268 g/mol. The summed E-state index contributed by atoms with van der Waals surface area (Å²) in [6.45, 7) is 2.36. The molecule has 0 saturated carbocycles. The molecule has 0 radical (unpaired) electrons. The van der Waals surface area contributed by atoms with Gasteiger partial charge in [-0.3, -0.25) is 19.7 Å². The van der Waals surface area contributed by atoms with Gasteiger partial charge in [-0.15, -0.1) is 0 Å². The molecule has 1 atom stereocenters. The molecule has 5 heteroatoms. The molecule has 0 aromatic heterocycles. The van der Waals surface area contributed by atoms with Gasteiger partial charge in [0, 0.05) is 18.5 Å². The number of carbonyl (C=O) groups is 3. The molecule has 1 aromatic carbocycles. The van der Waals surface area contributed by atoms with Crippen LogP contribution in [0.2, 0.25) is 0 Å². The number of hydrogen-bond acceptors (Lipinski definition) is 3. The number of allylic oxidation sites excluding steroid dienone is 1. The van der Waals surface area contributed by atoms with Crippen molar-refractivity contribution in [3.05, 3.63) is 41.0 Å². The Kier molecular flexibility index (Phi) is 3.33. The topological polar surface area (TPSA) is 66.5 Å². The Labute approximate surface area is 122 Å². The average Bonchev–Trinajstić information content (AvgIpc) is 2.76. The predicted octanol–water partition coefficient (Wildman–Crippen LogP) is 1.48. The summed E-state index contributed by atoms with van der Waals surface area (Å²) in [5.41, 5.74) is 2.61. The molecule has 5 nitrogen and oxygen atoms in total. The van der Waals surface area contributed by atoms with Gasteiger partial charge >= 0.3 is 0 Å². The number of benzene rings is 1. The summed E-state index contributed by atoms with van der Waals surface area (Å²) >= 11 is 0. The van der Waals surface area contributed by atoms with Crippen molar-refractivity contribution in [2.75, 3.05) is 0 Å². The first-order valence-corrected chi connectivity index (χ1v) is 7.00. The number of amides is 3. The van der Waals surface area contributed by atoms with Crippen LogP contribution in [0.15, 0.2) is 24.3 Å². The summed E-state index contributed by atoms with van der Waals surface area (Å²) in [7, 11) is 0. The highest BCUT2D eigenvalue weighted by Crippen LogP contribution is 2.28. The Bertz CT molecular complexity index is 663. The molecular formula is C16H16N2O3. The molecule has 1 fully saturated rings. The third kappa shape index (κ3) is 2.35. The fourth-order valence-electron chi connectivity index (χ4n) is 2.89. The lowest BCUT2D eigenvalue weighted by atomic mass is 10.0. The monoisotopic (exact) mass is 284 g/mol. The molecule has 0 bridgehead atoms. The number of imide groups is 1. The number of fused-ring (bicyclic) bond motifs is 1. The third-order valence-corrected chi connectivity index (χ3v) is 3.91. The SMILES string of the molecule is C/C=C/c1ccc2c(c1)CN(C1CCC(=O)NC1=O)C2=O. The maximum atomic E-state index is 12.4. The fraction of sp³-hybridized carbons (Fsp3) is 0.312. The highest BCUT2D eigenvalue weighted by molar-refractivity contribution is 6.05. The molecule has 1 aromatic rings.